The molecule has 0 saturated heterocycles. The molecule has 354 valence electrons. The summed E-state index contributed by atoms with van der Waals surface area (Å²) in [5, 5.41) is 2.12. The van der Waals surface area contributed by atoms with Gasteiger partial charge in [0.2, 0.25) is 0 Å². The predicted molar refractivity (Wildman–Crippen MR) is 299 cm³/mol. The van der Waals surface area contributed by atoms with Crippen molar-refractivity contribution in [3.63, 3.8) is 0 Å². The Morgan fingerprint density at radius 3 is 1.31 bits per heavy atom. The van der Waals surface area contributed by atoms with Crippen LogP contribution in [0.25, 0.3) is 123 Å². The first-order valence-corrected chi connectivity index (χ1v) is 25.0. The van der Waals surface area contributed by atoms with Crippen LogP contribution in [0.1, 0.15) is 0 Å². The third kappa shape index (κ3) is 8.30. The maximum absolute atomic E-state index is 6.92. The van der Waals surface area contributed by atoms with Crippen LogP contribution in [0, 0.1) is 0 Å². The van der Waals surface area contributed by atoms with E-state index in [1.165, 1.54) is 0 Å². The summed E-state index contributed by atoms with van der Waals surface area (Å²) in [6.07, 6.45) is 11.2. The zero-order valence-corrected chi connectivity index (χ0v) is 40.3. The standard InChI is InChI=1S/C67H43N5O3/c1-2-12-42(13-3-1)43-22-28-47(29-23-43)65-70-66(72-67(71-65)49-32-33-56-55-14-4-5-17-59(55)73-62(56)41-49)48-30-24-45(25-31-48)44-20-26-46(27-21-44)53-34-35-54(64-63(53)74-60-18-6-7-19-61(60)75-64)50-38-51(57-15-8-10-36-68-57)40-52(39-50)58-16-9-11-37-69-58/h1-41,60-61H. The number of rotatable bonds is 9. The van der Waals surface area contributed by atoms with Crippen LogP contribution in [-0.4, -0.2) is 37.1 Å². The van der Waals surface area contributed by atoms with E-state index in [9.17, 15) is 0 Å². The summed E-state index contributed by atoms with van der Waals surface area (Å²) in [7, 11) is 0. The molecule has 2 unspecified atom stereocenters. The van der Waals surface area contributed by atoms with Gasteiger partial charge in [0.25, 0.3) is 0 Å². The fraction of sp³-hybridized carbons (Fsp3) is 0.0299. The summed E-state index contributed by atoms with van der Waals surface area (Å²) >= 11 is 0. The molecule has 12 aromatic rings. The van der Waals surface area contributed by atoms with E-state index in [1.54, 1.807) is 0 Å². The predicted octanol–water partition coefficient (Wildman–Crippen LogP) is 16.2. The van der Waals surface area contributed by atoms with Crippen molar-refractivity contribution in [2.75, 3.05) is 0 Å². The molecule has 0 bridgehead atoms. The first kappa shape index (κ1) is 43.7. The van der Waals surface area contributed by atoms with E-state index in [1.807, 2.05) is 91.3 Å². The number of furan rings is 1. The average molecular weight is 966 g/mol. The van der Waals surface area contributed by atoms with Crippen molar-refractivity contribution in [3.8, 4) is 113 Å². The number of para-hydroxylation sites is 1. The molecule has 0 spiro atoms. The number of allylic oxidation sites excluding steroid dienone is 2. The second-order valence-electron chi connectivity index (χ2n) is 18.7. The molecule has 0 amide bonds. The third-order valence-electron chi connectivity index (χ3n) is 14.0. The molecule has 8 nitrogen and oxygen atoms in total. The molecule has 2 aliphatic rings. The van der Waals surface area contributed by atoms with Gasteiger partial charge in [0.05, 0.1) is 11.4 Å². The van der Waals surface area contributed by atoms with Crippen molar-refractivity contribution in [2.24, 2.45) is 0 Å². The van der Waals surface area contributed by atoms with E-state index in [4.69, 9.17) is 38.8 Å². The number of aromatic nitrogens is 5. The topological polar surface area (TPSA) is 96.1 Å². The monoisotopic (exact) mass is 965 g/mol. The normalized spacial score (nSPS) is 14.5. The molecule has 0 N–H and O–H groups in total. The van der Waals surface area contributed by atoms with Crippen LogP contribution in [0.3, 0.4) is 0 Å². The van der Waals surface area contributed by atoms with Gasteiger partial charge >= 0.3 is 0 Å². The number of hydrogen-bond acceptors (Lipinski definition) is 8. The molecule has 14 rings (SSSR count). The fourth-order valence-corrected chi connectivity index (χ4v) is 10.2. The van der Waals surface area contributed by atoms with E-state index >= 15 is 0 Å². The first-order chi connectivity index (χ1) is 37.1. The lowest BCUT2D eigenvalue weighted by Crippen LogP contribution is -2.38. The molecule has 4 aromatic heterocycles. The van der Waals surface area contributed by atoms with Gasteiger partial charge in [0, 0.05) is 62.1 Å². The summed E-state index contributed by atoms with van der Waals surface area (Å²) in [6.45, 7) is 0. The fourth-order valence-electron chi connectivity index (χ4n) is 10.2. The minimum atomic E-state index is -0.273. The molecular formula is C67H43N5O3. The Hall–Kier alpha value is -10.1. The van der Waals surface area contributed by atoms with E-state index < -0.39 is 0 Å². The molecule has 0 fully saturated rings. The van der Waals surface area contributed by atoms with Crippen LogP contribution >= 0.6 is 0 Å². The Labute approximate surface area is 432 Å². The van der Waals surface area contributed by atoms with Gasteiger partial charge in [-0.05, 0) is 118 Å². The van der Waals surface area contributed by atoms with Gasteiger partial charge in [-0.2, -0.15) is 0 Å². The largest absolute Gasteiger partial charge is 0.478 e. The maximum atomic E-state index is 6.92. The Balaban J connectivity index is 0.803. The number of fused-ring (bicyclic) bond motifs is 5. The molecule has 1 aliphatic heterocycles. The van der Waals surface area contributed by atoms with Gasteiger partial charge in [-0.3, -0.25) is 9.97 Å². The number of hydrogen-bond donors (Lipinski definition) is 0. The summed E-state index contributed by atoms with van der Waals surface area (Å²) in [5.41, 5.74) is 16.2. The van der Waals surface area contributed by atoms with Crippen molar-refractivity contribution in [3.05, 3.63) is 249 Å². The maximum Gasteiger partial charge on any atom is 0.170 e. The number of pyridine rings is 2. The summed E-state index contributed by atoms with van der Waals surface area (Å²) in [4.78, 5) is 24.7. The highest BCUT2D eigenvalue weighted by atomic mass is 16.6. The van der Waals surface area contributed by atoms with Gasteiger partial charge < -0.3 is 13.9 Å². The lowest BCUT2D eigenvalue weighted by atomic mass is 9.92. The van der Waals surface area contributed by atoms with Crippen LogP contribution in [-0.2, 0) is 0 Å². The number of ether oxygens (including phenoxy) is 2. The van der Waals surface area contributed by atoms with Crippen LogP contribution in [0.5, 0.6) is 11.5 Å². The van der Waals surface area contributed by atoms with Gasteiger partial charge in [0.15, 0.2) is 41.2 Å². The molecule has 5 heterocycles. The molecule has 0 saturated carbocycles. The average Bonchev–Trinajstić information content (AvgIpc) is 3.87. The van der Waals surface area contributed by atoms with Crippen molar-refractivity contribution in [1.82, 2.24) is 24.9 Å². The summed E-state index contributed by atoms with van der Waals surface area (Å²) < 4.78 is 20.1. The quantitative estimate of drug-likeness (QED) is 0.141. The summed E-state index contributed by atoms with van der Waals surface area (Å²) in [5.74, 6) is 3.12. The molecule has 75 heavy (non-hydrogen) atoms. The molecule has 8 heteroatoms. The second-order valence-corrected chi connectivity index (χ2v) is 18.7. The third-order valence-corrected chi connectivity index (χ3v) is 14.0. The lowest BCUT2D eigenvalue weighted by molar-refractivity contribution is 0.0769. The van der Waals surface area contributed by atoms with Gasteiger partial charge in [-0.15, -0.1) is 0 Å². The Morgan fingerprint density at radius 2 is 0.747 bits per heavy atom. The molecule has 0 radical (unpaired) electrons. The van der Waals surface area contributed by atoms with Crippen LogP contribution in [0.4, 0.5) is 0 Å². The summed E-state index contributed by atoms with van der Waals surface area (Å²) in [6, 6.07) is 72.7. The highest BCUT2D eigenvalue weighted by Crippen LogP contribution is 2.50. The molecular weight excluding hydrogens is 923 g/mol. The van der Waals surface area contributed by atoms with Crippen molar-refractivity contribution in [1.29, 1.82) is 0 Å². The van der Waals surface area contributed by atoms with Crippen LogP contribution < -0.4 is 9.47 Å². The van der Waals surface area contributed by atoms with Crippen LogP contribution in [0.15, 0.2) is 253 Å². The minimum absolute atomic E-state index is 0.268. The molecule has 8 aromatic carbocycles. The Kier molecular flexibility index (Phi) is 10.8. The minimum Gasteiger partial charge on any atom is -0.478 e. The Morgan fingerprint density at radius 1 is 0.307 bits per heavy atom. The van der Waals surface area contributed by atoms with Crippen molar-refractivity contribution < 1.29 is 13.9 Å². The van der Waals surface area contributed by atoms with Crippen molar-refractivity contribution >= 4 is 21.9 Å². The lowest BCUT2D eigenvalue weighted by Gasteiger charge is -2.34. The molecule has 2 atom stereocenters. The van der Waals surface area contributed by atoms with Crippen molar-refractivity contribution in [2.45, 2.75) is 12.2 Å². The van der Waals surface area contributed by atoms with Gasteiger partial charge in [0.1, 0.15) is 11.2 Å². The number of nitrogens with zero attached hydrogens (tertiary/aromatic N) is 5. The SMILES string of the molecule is C1=CC2Oc3c(-c4ccc(-c5ccc(-c6nc(-c7ccc(-c8ccccc8)cc7)nc(-c7ccc8c(c7)oc7ccccc78)n6)cc5)cc4)ccc(-c4cc(-c5ccccn5)cc(-c5ccccn5)c4)c3OC2C=C1. The van der Waals surface area contributed by atoms with Crippen LogP contribution in [0.2, 0.25) is 0 Å². The van der Waals surface area contributed by atoms with Gasteiger partial charge in [-0.1, -0.05) is 152 Å². The smallest absolute Gasteiger partial charge is 0.170 e. The zero-order valence-electron chi connectivity index (χ0n) is 40.3. The second kappa shape index (κ2) is 18.5. The zero-order chi connectivity index (χ0) is 49.7. The number of benzene rings is 8. The van der Waals surface area contributed by atoms with E-state index in [2.05, 4.69) is 158 Å². The van der Waals surface area contributed by atoms with E-state index in [-0.39, 0.29) is 12.2 Å². The highest BCUT2D eigenvalue weighted by Gasteiger charge is 2.33. The van der Waals surface area contributed by atoms with E-state index in [0.717, 1.165) is 106 Å². The van der Waals surface area contributed by atoms with Gasteiger partial charge in [-0.25, -0.2) is 15.0 Å². The highest BCUT2D eigenvalue weighted by molar-refractivity contribution is 6.05. The molecule has 1 aliphatic carbocycles. The first-order valence-electron chi connectivity index (χ1n) is 25.0. The Bertz CT molecular complexity index is 4100. The van der Waals surface area contributed by atoms with E-state index in [0.29, 0.717) is 29.0 Å².